The molecule has 0 spiro atoms. The first-order valence-electron chi connectivity index (χ1n) is 9.70. The van der Waals surface area contributed by atoms with Gasteiger partial charge in [0.1, 0.15) is 5.39 Å². The number of nitriles is 1. The molecule has 4 rings (SSSR count). The summed E-state index contributed by atoms with van der Waals surface area (Å²) in [4.78, 5) is 15.1. The van der Waals surface area contributed by atoms with Gasteiger partial charge < -0.3 is 10.3 Å². The van der Waals surface area contributed by atoms with Gasteiger partial charge in [0.15, 0.2) is 5.82 Å². The first kappa shape index (κ1) is 21.9. The minimum absolute atomic E-state index is 0.0892. The van der Waals surface area contributed by atoms with Gasteiger partial charge in [-0.05, 0) is 30.3 Å². The van der Waals surface area contributed by atoms with Crippen LogP contribution in [0.2, 0.25) is 0 Å². The molecule has 0 aliphatic heterocycles. The molecule has 2 atom stereocenters. The molecule has 1 aliphatic carbocycles. The Balaban J connectivity index is 1.74. The molecule has 2 heterocycles. The van der Waals surface area contributed by atoms with Crippen molar-refractivity contribution in [2.24, 2.45) is 5.92 Å². The molecule has 0 amide bonds. The van der Waals surface area contributed by atoms with Gasteiger partial charge in [0.2, 0.25) is 10.0 Å². The summed E-state index contributed by atoms with van der Waals surface area (Å²) >= 11 is 0. The molecule has 2 aromatic heterocycles. The molecule has 1 aromatic carbocycles. The lowest BCUT2D eigenvalue weighted by Gasteiger charge is -2.15. The Bertz CT molecular complexity index is 1370. The van der Waals surface area contributed by atoms with Gasteiger partial charge in [0.25, 0.3) is 11.5 Å². The number of aromatic nitrogens is 3. The highest BCUT2D eigenvalue weighted by Gasteiger charge is 2.61. The second-order valence-corrected chi connectivity index (χ2v) is 9.95. The molecule has 1 aliphatic rings. The van der Waals surface area contributed by atoms with Gasteiger partial charge in [-0.2, -0.15) is 10.4 Å². The van der Waals surface area contributed by atoms with Crippen molar-refractivity contribution in [2.45, 2.75) is 29.7 Å². The van der Waals surface area contributed by atoms with Crippen LogP contribution < -0.4 is 10.9 Å². The lowest BCUT2D eigenvalue weighted by atomic mass is 10.1. The minimum Gasteiger partial charge on any atom is -0.338 e. The van der Waals surface area contributed by atoms with Crippen molar-refractivity contribution in [3.8, 4) is 6.07 Å². The number of nitrogens with zero attached hydrogens (tertiary/aromatic N) is 4. The van der Waals surface area contributed by atoms with E-state index in [2.05, 4.69) is 15.4 Å². The Hall–Kier alpha value is -3.30. The summed E-state index contributed by atoms with van der Waals surface area (Å²) in [5.74, 6) is -3.78. The predicted octanol–water partition coefficient (Wildman–Crippen LogP) is 2.83. The maximum Gasteiger partial charge on any atom is 0.261 e. The molecule has 9 nitrogen and oxygen atoms in total. The van der Waals surface area contributed by atoms with E-state index in [9.17, 15) is 27.3 Å². The molecular formula is C20H20F2N6O3S. The van der Waals surface area contributed by atoms with Crippen LogP contribution in [0, 0.1) is 17.2 Å². The number of benzene rings is 1. The third-order valence-corrected chi connectivity index (χ3v) is 7.31. The highest BCUT2D eigenvalue weighted by atomic mass is 32.2. The normalized spacial score (nSPS) is 18.4. The fraction of sp³-hybridized carbons (Fsp3) is 0.350. The van der Waals surface area contributed by atoms with Gasteiger partial charge in [-0.15, -0.1) is 0 Å². The number of nitrogens with one attached hydrogen (secondary N) is 2. The average molecular weight is 462 g/mol. The number of sulfonamides is 1. The molecule has 2 N–H and O–H groups in total. The second-order valence-electron chi connectivity index (χ2n) is 7.80. The second kappa shape index (κ2) is 7.68. The molecule has 32 heavy (non-hydrogen) atoms. The standard InChI is InChI=1S/C20H20F2N6O3S/c1-27(2)32(30,31)13-5-3-12(4-6-13)25-18-17-16(8-10-24-19(17)29)28(26-18)15(7-9-23)14-11-20(14,21)22/h3-6,8,10,14-15H,7,11H2,1-2H3,(H,24,29)(H,25,26)/t14-,15+/m1/s1. The zero-order chi connectivity index (χ0) is 23.3. The number of aromatic amines is 1. The average Bonchev–Trinajstić information content (AvgIpc) is 3.21. The van der Waals surface area contributed by atoms with Crippen molar-refractivity contribution in [1.29, 1.82) is 5.26 Å². The number of anilines is 2. The van der Waals surface area contributed by atoms with Crippen LogP contribution in [0.15, 0.2) is 46.2 Å². The Morgan fingerprint density at radius 2 is 2.00 bits per heavy atom. The van der Waals surface area contributed by atoms with Crippen molar-refractivity contribution in [2.75, 3.05) is 19.4 Å². The topological polar surface area (TPSA) is 124 Å². The predicted molar refractivity (Wildman–Crippen MR) is 113 cm³/mol. The summed E-state index contributed by atoms with van der Waals surface area (Å²) in [6.07, 6.45) is 0.872. The van der Waals surface area contributed by atoms with Crippen molar-refractivity contribution in [1.82, 2.24) is 19.1 Å². The van der Waals surface area contributed by atoms with E-state index in [1.54, 1.807) is 6.07 Å². The van der Waals surface area contributed by atoms with Crippen LogP contribution in [-0.4, -0.2) is 47.5 Å². The fourth-order valence-electron chi connectivity index (χ4n) is 3.64. The monoisotopic (exact) mass is 462 g/mol. The van der Waals surface area contributed by atoms with Crippen LogP contribution in [0.3, 0.4) is 0 Å². The molecule has 168 valence electrons. The first-order valence-corrected chi connectivity index (χ1v) is 11.1. The van der Waals surface area contributed by atoms with Crippen LogP contribution >= 0.6 is 0 Å². The number of hydrogen-bond donors (Lipinski definition) is 2. The van der Waals surface area contributed by atoms with Crippen LogP contribution in [0.5, 0.6) is 0 Å². The zero-order valence-electron chi connectivity index (χ0n) is 17.2. The number of hydrogen-bond acceptors (Lipinski definition) is 6. The van der Waals surface area contributed by atoms with Crippen molar-refractivity contribution in [3.63, 3.8) is 0 Å². The molecule has 0 saturated heterocycles. The summed E-state index contributed by atoms with van der Waals surface area (Å²) in [6, 6.07) is 8.44. The van der Waals surface area contributed by atoms with E-state index >= 15 is 0 Å². The maximum absolute atomic E-state index is 13.8. The van der Waals surface area contributed by atoms with E-state index in [1.807, 2.05) is 6.07 Å². The highest BCUT2D eigenvalue weighted by Crippen LogP contribution is 2.55. The van der Waals surface area contributed by atoms with E-state index in [1.165, 1.54) is 49.2 Å². The maximum atomic E-state index is 13.8. The van der Waals surface area contributed by atoms with Crippen molar-refractivity contribution in [3.05, 3.63) is 46.9 Å². The third-order valence-electron chi connectivity index (χ3n) is 5.48. The first-order chi connectivity index (χ1) is 15.1. The molecule has 0 radical (unpaired) electrons. The van der Waals surface area contributed by atoms with Crippen LogP contribution in [0.1, 0.15) is 18.9 Å². The number of alkyl halides is 2. The number of fused-ring (bicyclic) bond motifs is 1. The van der Waals surface area contributed by atoms with E-state index in [-0.39, 0.29) is 28.9 Å². The molecular weight excluding hydrogens is 442 g/mol. The van der Waals surface area contributed by atoms with Crippen LogP contribution in [-0.2, 0) is 10.0 Å². The Morgan fingerprint density at radius 1 is 1.34 bits per heavy atom. The lowest BCUT2D eigenvalue weighted by molar-refractivity contribution is 0.0853. The van der Waals surface area contributed by atoms with Crippen molar-refractivity contribution >= 4 is 32.4 Å². The molecule has 1 fully saturated rings. The van der Waals surface area contributed by atoms with E-state index < -0.39 is 33.5 Å². The van der Waals surface area contributed by atoms with Crippen LogP contribution in [0.4, 0.5) is 20.3 Å². The van der Waals surface area contributed by atoms with Gasteiger partial charge in [0.05, 0.1) is 34.9 Å². The number of halogens is 2. The molecule has 3 aromatic rings. The van der Waals surface area contributed by atoms with Gasteiger partial charge >= 0.3 is 0 Å². The molecule has 12 heteroatoms. The summed E-state index contributed by atoms with van der Waals surface area (Å²) in [5.41, 5.74) is 0.304. The Morgan fingerprint density at radius 3 is 2.56 bits per heavy atom. The minimum atomic E-state index is -3.61. The molecule has 0 unspecified atom stereocenters. The number of rotatable bonds is 7. The molecule has 1 saturated carbocycles. The van der Waals surface area contributed by atoms with Gasteiger partial charge in [-0.1, -0.05) is 0 Å². The van der Waals surface area contributed by atoms with E-state index in [0.717, 1.165) is 4.31 Å². The number of H-pyrrole nitrogens is 1. The zero-order valence-corrected chi connectivity index (χ0v) is 18.0. The van der Waals surface area contributed by atoms with Gasteiger partial charge in [-0.25, -0.2) is 21.5 Å². The SMILES string of the molecule is CN(C)S(=O)(=O)c1ccc(Nc2nn([C@@H](CC#N)[C@H]3CC3(F)F)c3cc[nH]c(=O)c23)cc1. The van der Waals surface area contributed by atoms with Crippen LogP contribution in [0.25, 0.3) is 10.9 Å². The van der Waals surface area contributed by atoms with Gasteiger partial charge in [0, 0.05) is 32.4 Å². The van der Waals surface area contributed by atoms with Crippen molar-refractivity contribution < 1.29 is 17.2 Å². The summed E-state index contributed by atoms with van der Waals surface area (Å²) in [6.45, 7) is 0. The quantitative estimate of drug-likeness (QED) is 0.557. The Labute approximate surface area is 182 Å². The smallest absolute Gasteiger partial charge is 0.261 e. The fourth-order valence-corrected chi connectivity index (χ4v) is 4.54. The summed E-state index contributed by atoms with van der Waals surface area (Å²) in [5, 5.41) is 16.7. The number of pyridine rings is 1. The summed E-state index contributed by atoms with van der Waals surface area (Å²) < 4.78 is 54.5. The lowest BCUT2D eigenvalue weighted by Crippen LogP contribution is -2.22. The Kier molecular flexibility index (Phi) is 5.26. The third kappa shape index (κ3) is 3.74. The largest absolute Gasteiger partial charge is 0.338 e. The van der Waals surface area contributed by atoms with E-state index in [0.29, 0.717) is 11.2 Å². The summed E-state index contributed by atoms with van der Waals surface area (Å²) in [7, 11) is -0.757. The van der Waals surface area contributed by atoms with Gasteiger partial charge in [-0.3, -0.25) is 9.48 Å². The molecule has 0 bridgehead atoms. The highest BCUT2D eigenvalue weighted by molar-refractivity contribution is 7.89. The van der Waals surface area contributed by atoms with E-state index in [4.69, 9.17) is 0 Å².